The Morgan fingerprint density at radius 3 is 2.47 bits per heavy atom. The van der Waals surface area contributed by atoms with Crippen molar-refractivity contribution < 1.29 is 0 Å². The minimum atomic E-state index is 1.03. The van der Waals surface area contributed by atoms with Crippen molar-refractivity contribution in [1.29, 1.82) is 0 Å². The molecular formula is C17H20. The minimum Gasteiger partial charge on any atom is -0.0778 e. The highest BCUT2D eigenvalue weighted by molar-refractivity contribution is 5.75. The third-order valence-electron chi connectivity index (χ3n) is 3.13. The first kappa shape index (κ1) is 11.9. The van der Waals surface area contributed by atoms with Gasteiger partial charge in [0.05, 0.1) is 0 Å². The largest absolute Gasteiger partial charge is 0.0778 e. The van der Waals surface area contributed by atoms with Gasteiger partial charge in [0.2, 0.25) is 0 Å². The third-order valence-corrected chi connectivity index (χ3v) is 3.13. The van der Waals surface area contributed by atoms with Crippen molar-refractivity contribution in [3.8, 4) is 0 Å². The van der Waals surface area contributed by atoms with Crippen LogP contribution in [0.25, 0.3) is 5.57 Å². The molecule has 0 heteroatoms. The van der Waals surface area contributed by atoms with E-state index in [1.165, 1.54) is 35.1 Å². The lowest BCUT2D eigenvalue weighted by atomic mass is 10.0. The molecule has 0 unspecified atom stereocenters. The van der Waals surface area contributed by atoms with E-state index < -0.39 is 0 Å². The molecule has 1 aromatic carbocycles. The molecule has 1 aliphatic rings. The molecule has 0 aliphatic heterocycles. The summed E-state index contributed by atoms with van der Waals surface area (Å²) < 4.78 is 0. The molecule has 2 rings (SSSR count). The van der Waals surface area contributed by atoms with Crippen molar-refractivity contribution in [3.63, 3.8) is 0 Å². The SMILES string of the molecule is CCCc1ccc(C2=CCC=C(C)C=C2)cc1. The monoisotopic (exact) mass is 224 g/mol. The molecule has 0 radical (unpaired) electrons. The summed E-state index contributed by atoms with van der Waals surface area (Å²) in [5.41, 5.74) is 5.44. The van der Waals surface area contributed by atoms with Gasteiger partial charge in [-0.2, -0.15) is 0 Å². The summed E-state index contributed by atoms with van der Waals surface area (Å²) in [6, 6.07) is 8.97. The van der Waals surface area contributed by atoms with Gasteiger partial charge in [-0.25, -0.2) is 0 Å². The average molecular weight is 224 g/mol. The summed E-state index contributed by atoms with van der Waals surface area (Å²) in [6.45, 7) is 4.37. The van der Waals surface area contributed by atoms with Crippen molar-refractivity contribution in [3.05, 3.63) is 65.3 Å². The summed E-state index contributed by atoms with van der Waals surface area (Å²) in [5.74, 6) is 0. The molecule has 0 bridgehead atoms. The van der Waals surface area contributed by atoms with Crippen LogP contribution in [0.15, 0.2) is 54.1 Å². The zero-order valence-electron chi connectivity index (χ0n) is 10.7. The molecule has 88 valence electrons. The number of hydrogen-bond acceptors (Lipinski definition) is 0. The summed E-state index contributed by atoms with van der Waals surface area (Å²) in [4.78, 5) is 0. The van der Waals surface area contributed by atoms with E-state index in [-0.39, 0.29) is 0 Å². The van der Waals surface area contributed by atoms with Crippen LogP contribution in [-0.4, -0.2) is 0 Å². The third kappa shape index (κ3) is 3.20. The number of aryl methyl sites for hydroxylation is 1. The zero-order valence-corrected chi connectivity index (χ0v) is 10.7. The van der Waals surface area contributed by atoms with Crippen LogP contribution >= 0.6 is 0 Å². The van der Waals surface area contributed by atoms with Gasteiger partial charge in [-0.05, 0) is 36.5 Å². The predicted octanol–water partition coefficient (Wildman–Crippen LogP) is 4.93. The number of allylic oxidation sites excluding steroid dienone is 6. The maximum atomic E-state index is 2.29. The van der Waals surface area contributed by atoms with Gasteiger partial charge in [0.25, 0.3) is 0 Å². The van der Waals surface area contributed by atoms with E-state index in [9.17, 15) is 0 Å². The number of rotatable bonds is 3. The van der Waals surface area contributed by atoms with Gasteiger partial charge in [-0.1, -0.05) is 67.5 Å². The molecule has 0 N–H and O–H groups in total. The van der Waals surface area contributed by atoms with Gasteiger partial charge >= 0.3 is 0 Å². The fourth-order valence-electron chi connectivity index (χ4n) is 2.10. The Bertz CT molecular complexity index is 455. The summed E-state index contributed by atoms with van der Waals surface area (Å²) >= 11 is 0. The molecule has 0 spiro atoms. The number of benzene rings is 1. The predicted molar refractivity (Wildman–Crippen MR) is 75.9 cm³/mol. The normalized spacial score (nSPS) is 15.2. The minimum absolute atomic E-state index is 1.03. The Balaban J connectivity index is 2.18. The van der Waals surface area contributed by atoms with Crippen molar-refractivity contribution in [2.75, 3.05) is 0 Å². The van der Waals surface area contributed by atoms with Gasteiger partial charge < -0.3 is 0 Å². The van der Waals surface area contributed by atoms with E-state index in [4.69, 9.17) is 0 Å². The van der Waals surface area contributed by atoms with Gasteiger partial charge in [-0.15, -0.1) is 0 Å². The first-order valence-electron chi connectivity index (χ1n) is 6.44. The Morgan fingerprint density at radius 1 is 1.00 bits per heavy atom. The molecule has 0 saturated heterocycles. The van der Waals surface area contributed by atoms with Crippen LogP contribution in [0.2, 0.25) is 0 Å². The Labute approximate surface area is 104 Å². The van der Waals surface area contributed by atoms with E-state index in [1.54, 1.807) is 0 Å². The van der Waals surface area contributed by atoms with Crippen LogP contribution < -0.4 is 0 Å². The standard InChI is InChI=1S/C17H20/c1-3-5-15-9-12-17(13-10-15)16-7-4-6-14(2)8-11-16/h6-13H,3-5H2,1-2H3. The molecule has 1 aromatic rings. The lowest BCUT2D eigenvalue weighted by molar-refractivity contribution is 0.922. The van der Waals surface area contributed by atoms with Crippen molar-refractivity contribution in [2.24, 2.45) is 0 Å². The summed E-state index contributed by atoms with van der Waals surface area (Å²) in [7, 11) is 0. The highest BCUT2D eigenvalue weighted by atomic mass is 14.1. The molecule has 0 fully saturated rings. The molecule has 0 saturated carbocycles. The molecule has 0 heterocycles. The van der Waals surface area contributed by atoms with E-state index in [1.807, 2.05) is 0 Å². The zero-order chi connectivity index (χ0) is 12.1. The Hall–Kier alpha value is -1.56. The van der Waals surface area contributed by atoms with E-state index in [0.717, 1.165) is 6.42 Å². The highest BCUT2D eigenvalue weighted by Crippen LogP contribution is 2.21. The number of hydrogen-bond donors (Lipinski definition) is 0. The van der Waals surface area contributed by atoms with Crippen LogP contribution in [-0.2, 0) is 6.42 Å². The summed E-state index contributed by atoms with van der Waals surface area (Å²) in [6.07, 6.45) is 12.4. The van der Waals surface area contributed by atoms with Crippen molar-refractivity contribution in [2.45, 2.75) is 33.1 Å². The Morgan fingerprint density at radius 2 is 1.76 bits per heavy atom. The van der Waals surface area contributed by atoms with E-state index in [0.29, 0.717) is 0 Å². The van der Waals surface area contributed by atoms with Gasteiger partial charge in [0, 0.05) is 0 Å². The van der Waals surface area contributed by atoms with E-state index >= 15 is 0 Å². The van der Waals surface area contributed by atoms with Crippen molar-refractivity contribution in [1.82, 2.24) is 0 Å². The Kier molecular flexibility index (Phi) is 3.98. The second-order valence-corrected chi connectivity index (χ2v) is 4.62. The lowest BCUT2D eigenvalue weighted by Crippen LogP contribution is -1.85. The van der Waals surface area contributed by atoms with Crippen LogP contribution in [0, 0.1) is 0 Å². The fraction of sp³-hybridized carbons (Fsp3) is 0.294. The molecular weight excluding hydrogens is 204 g/mol. The maximum absolute atomic E-state index is 2.29. The molecule has 0 aromatic heterocycles. The summed E-state index contributed by atoms with van der Waals surface area (Å²) in [5, 5.41) is 0. The van der Waals surface area contributed by atoms with Crippen LogP contribution in [0.1, 0.15) is 37.8 Å². The molecule has 0 nitrogen and oxygen atoms in total. The highest BCUT2D eigenvalue weighted by Gasteiger charge is 2.00. The smallest absolute Gasteiger partial charge is 0.0154 e. The quantitative estimate of drug-likeness (QED) is 0.683. The van der Waals surface area contributed by atoms with Crippen LogP contribution in [0.3, 0.4) is 0 Å². The fourth-order valence-corrected chi connectivity index (χ4v) is 2.10. The maximum Gasteiger partial charge on any atom is -0.0154 e. The second kappa shape index (κ2) is 5.67. The van der Waals surface area contributed by atoms with Gasteiger partial charge in [0.15, 0.2) is 0 Å². The van der Waals surface area contributed by atoms with E-state index in [2.05, 4.69) is 62.4 Å². The molecule has 0 atom stereocenters. The molecule has 0 amide bonds. The van der Waals surface area contributed by atoms with Crippen LogP contribution in [0.5, 0.6) is 0 Å². The molecule has 17 heavy (non-hydrogen) atoms. The van der Waals surface area contributed by atoms with Gasteiger partial charge in [-0.3, -0.25) is 0 Å². The lowest BCUT2D eigenvalue weighted by Gasteiger charge is -2.04. The first-order valence-corrected chi connectivity index (χ1v) is 6.44. The second-order valence-electron chi connectivity index (χ2n) is 4.62. The van der Waals surface area contributed by atoms with Crippen LogP contribution in [0.4, 0.5) is 0 Å². The van der Waals surface area contributed by atoms with Crippen molar-refractivity contribution >= 4 is 5.57 Å². The topological polar surface area (TPSA) is 0 Å². The van der Waals surface area contributed by atoms with Gasteiger partial charge in [0.1, 0.15) is 0 Å². The first-order chi connectivity index (χ1) is 8.29. The molecule has 1 aliphatic carbocycles. The average Bonchev–Trinajstić information content (AvgIpc) is 2.56.